The predicted molar refractivity (Wildman–Crippen MR) is 73.4 cm³/mol. The van der Waals surface area contributed by atoms with E-state index in [1.807, 2.05) is 6.92 Å². The summed E-state index contributed by atoms with van der Waals surface area (Å²) >= 11 is 0. The molecule has 118 valence electrons. The lowest BCUT2D eigenvalue weighted by Crippen LogP contribution is -2.28. The highest BCUT2D eigenvalue weighted by atomic mass is 19.4. The molecule has 2 atom stereocenters. The number of ether oxygens (including phenoxy) is 2. The van der Waals surface area contributed by atoms with Gasteiger partial charge in [0, 0.05) is 6.54 Å². The van der Waals surface area contributed by atoms with E-state index < -0.39 is 11.7 Å². The van der Waals surface area contributed by atoms with Crippen molar-refractivity contribution >= 4 is 0 Å². The fraction of sp³-hybridized carbons (Fsp3) is 0.600. The van der Waals surface area contributed by atoms with Crippen LogP contribution >= 0.6 is 0 Å². The van der Waals surface area contributed by atoms with Crippen LogP contribution in [-0.4, -0.2) is 31.9 Å². The van der Waals surface area contributed by atoms with E-state index in [9.17, 15) is 13.2 Å². The second-order valence-electron chi connectivity index (χ2n) is 5.07. The van der Waals surface area contributed by atoms with E-state index in [2.05, 4.69) is 5.32 Å². The molecule has 6 heteroatoms. The smallest absolute Gasteiger partial charge is 0.419 e. The van der Waals surface area contributed by atoms with E-state index >= 15 is 0 Å². The Morgan fingerprint density at radius 1 is 1.24 bits per heavy atom. The molecule has 0 aliphatic carbocycles. The summed E-state index contributed by atoms with van der Waals surface area (Å²) in [5.41, 5.74) is -0.743. The minimum atomic E-state index is -4.40. The largest absolute Gasteiger partial charge is 0.490 e. The molecule has 1 N–H and O–H groups in total. The first kappa shape index (κ1) is 16.1. The number of benzene rings is 1. The molecule has 21 heavy (non-hydrogen) atoms. The first-order valence-corrected chi connectivity index (χ1v) is 7.16. The molecule has 1 heterocycles. The maximum atomic E-state index is 12.8. The topological polar surface area (TPSA) is 30.5 Å². The summed E-state index contributed by atoms with van der Waals surface area (Å²) in [6, 6.07) is 5.26. The van der Waals surface area contributed by atoms with Gasteiger partial charge in [0.15, 0.2) is 0 Å². The fourth-order valence-electron chi connectivity index (χ4n) is 2.37. The lowest BCUT2D eigenvalue weighted by molar-refractivity contribution is -0.139. The molecular formula is C15H20F3NO2. The third-order valence-corrected chi connectivity index (χ3v) is 3.43. The van der Waals surface area contributed by atoms with Gasteiger partial charge in [-0.15, -0.1) is 0 Å². The van der Waals surface area contributed by atoms with Crippen molar-refractivity contribution in [2.24, 2.45) is 0 Å². The summed E-state index contributed by atoms with van der Waals surface area (Å²) in [5, 5.41) is 3.20. The van der Waals surface area contributed by atoms with Crippen molar-refractivity contribution in [3.8, 4) is 5.75 Å². The summed E-state index contributed by atoms with van der Waals surface area (Å²) in [7, 11) is 0. The van der Waals surface area contributed by atoms with Gasteiger partial charge >= 0.3 is 6.18 Å². The van der Waals surface area contributed by atoms with Crippen LogP contribution in [-0.2, 0) is 10.9 Å². The Labute approximate surface area is 122 Å². The highest BCUT2D eigenvalue weighted by molar-refractivity contribution is 5.35. The average molecular weight is 303 g/mol. The summed E-state index contributed by atoms with van der Waals surface area (Å²) in [4.78, 5) is 0. The standard InChI is InChI=1S/C15H20F3NO2/c1-2-19-9-11-7-8-12(21-11)10-20-14-6-4-3-5-13(14)15(16,17)18/h3-6,11-12,19H,2,7-10H2,1H3. The van der Waals surface area contributed by atoms with E-state index in [1.54, 1.807) is 0 Å². The van der Waals surface area contributed by atoms with E-state index in [4.69, 9.17) is 9.47 Å². The molecule has 1 saturated heterocycles. The lowest BCUT2D eigenvalue weighted by atomic mass is 10.2. The number of hydrogen-bond donors (Lipinski definition) is 1. The van der Waals surface area contributed by atoms with Crippen LogP contribution in [0.4, 0.5) is 13.2 Å². The molecule has 0 bridgehead atoms. The second-order valence-corrected chi connectivity index (χ2v) is 5.07. The number of likely N-dealkylation sites (N-methyl/N-ethyl adjacent to an activating group) is 1. The van der Waals surface area contributed by atoms with Gasteiger partial charge in [-0.1, -0.05) is 19.1 Å². The number of nitrogens with one attached hydrogen (secondary N) is 1. The van der Waals surface area contributed by atoms with Crippen LogP contribution in [0.15, 0.2) is 24.3 Å². The molecule has 1 fully saturated rings. The van der Waals surface area contributed by atoms with E-state index in [-0.39, 0.29) is 24.6 Å². The van der Waals surface area contributed by atoms with Crippen LogP contribution in [0.25, 0.3) is 0 Å². The number of hydrogen-bond acceptors (Lipinski definition) is 3. The maximum Gasteiger partial charge on any atom is 0.419 e. The Kier molecular flexibility index (Phi) is 5.47. The third kappa shape index (κ3) is 4.61. The van der Waals surface area contributed by atoms with Gasteiger partial charge in [-0.2, -0.15) is 13.2 Å². The molecule has 0 amide bonds. The molecule has 0 radical (unpaired) electrons. The van der Waals surface area contributed by atoms with Crippen molar-refractivity contribution in [2.45, 2.75) is 38.1 Å². The molecule has 3 nitrogen and oxygen atoms in total. The third-order valence-electron chi connectivity index (χ3n) is 3.43. The molecule has 1 aromatic carbocycles. The van der Waals surface area contributed by atoms with Crippen LogP contribution < -0.4 is 10.1 Å². The predicted octanol–water partition coefficient (Wildman–Crippen LogP) is 3.24. The maximum absolute atomic E-state index is 12.8. The summed E-state index contributed by atoms with van der Waals surface area (Å²) < 4.78 is 49.6. The summed E-state index contributed by atoms with van der Waals surface area (Å²) in [6.07, 6.45) is -2.71. The molecule has 0 saturated carbocycles. The molecule has 2 rings (SSSR count). The zero-order valence-corrected chi connectivity index (χ0v) is 12.0. The van der Waals surface area contributed by atoms with E-state index in [0.29, 0.717) is 0 Å². The fourth-order valence-corrected chi connectivity index (χ4v) is 2.37. The molecular weight excluding hydrogens is 283 g/mol. The number of alkyl halides is 3. The molecule has 0 spiro atoms. The zero-order chi connectivity index (χ0) is 15.3. The van der Waals surface area contributed by atoms with Gasteiger partial charge < -0.3 is 14.8 Å². The van der Waals surface area contributed by atoms with Gasteiger partial charge in [0.1, 0.15) is 12.4 Å². The van der Waals surface area contributed by atoms with Gasteiger partial charge in [-0.25, -0.2) is 0 Å². The Morgan fingerprint density at radius 3 is 2.67 bits per heavy atom. The SMILES string of the molecule is CCNCC1CCC(COc2ccccc2C(F)(F)F)O1. The van der Waals surface area contributed by atoms with Crippen molar-refractivity contribution in [1.82, 2.24) is 5.32 Å². The molecule has 1 aromatic rings. The second kappa shape index (κ2) is 7.13. The van der Waals surface area contributed by atoms with Crippen LogP contribution in [0, 0.1) is 0 Å². The Morgan fingerprint density at radius 2 is 1.95 bits per heavy atom. The normalized spacial score (nSPS) is 22.5. The average Bonchev–Trinajstić information content (AvgIpc) is 2.90. The van der Waals surface area contributed by atoms with Gasteiger partial charge in [0.05, 0.1) is 17.8 Å². The number of para-hydroxylation sites is 1. The van der Waals surface area contributed by atoms with Crippen LogP contribution in [0.1, 0.15) is 25.3 Å². The highest BCUT2D eigenvalue weighted by Gasteiger charge is 2.34. The first-order valence-electron chi connectivity index (χ1n) is 7.16. The Balaban J connectivity index is 1.87. The van der Waals surface area contributed by atoms with Crippen molar-refractivity contribution in [2.75, 3.05) is 19.7 Å². The molecule has 0 aromatic heterocycles. The van der Waals surface area contributed by atoms with Crippen LogP contribution in [0.5, 0.6) is 5.75 Å². The number of halogens is 3. The molecule has 1 aliphatic rings. The Bertz CT molecular complexity index is 451. The van der Waals surface area contributed by atoms with Crippen LogP contribution in [0.3, 0.4) is 0 Å². The van der Waals surface area contributed by atoms with Crippen molar-refractivity contribution < 1.29 is 22.6 Å². The molecule has 1 aliphatic heterocycles. The van der Waals surface area contributed by atoms with Crippen molar-refractivity contribution in [3.63, 3.8) is 0 Å². The van der Waals surface area contributed by atoms with E-state index in [1.165, 1.54) is 18.2 Å². The zero-order valence-electron chi connectivity index (χ0n) is 12.0. The summed E-state index contributed by atoms with van der Waals surface area (Å²) in [5.74, 6) is -0.135. The van der Waals surface area contributed by atoms with Gasteiger partial charge in [0.25, 0.3) is 0 Å². The molecule has 2 unspecified atom stereocenters. The van der Waals surface area contributed by atoms with Gasteiger partial charge in [-0.3, -0.25) is 0 Å². The van der Waals surface area contributed by atoms with E-state index in [0.717, 1.165) is 32.0 Å². The lowest BCUT2D eigenvalue weighted by Gasteiger charge is -2.17. The van der Waals surface area contributed by atoms with Crippen molar-refractivity contribution in [1.29, 1.82) is 0 Å². The first-order chi connectivity index (χ1) is 10.0. The van der Waals surface area contributed by atoms with Crippen LogP contribution in [0.2, 0.25) is 0 Å². The summed E-state index contributed by atoms with van der Waals surface area (Å²) in [6.45, 7) is 3.81. The van der Waals surface area contributed by atoms with Crippen molar-refractivity contribution in [3.05, 3.63) is 29.8 Å². The van der Waals surface area contributed by atoms with Gasteiger partial charge in [0.2, 0.25) is 0 Å². The number of rotatable bonds is 6. The monoisotopic (exact) mass is 303 g/mol. The van der Waals surface area contributed by atoms with Gasteiger partial charge in [-0.05, 0) is 31.5 Å². The quantitative estimate of drug-likeness (QED) is 0.875. The Hall–Kier alpha value is -1.27. The highest BCUT2D eigenvalue weighted by Crippen LogP contribution is 2.36. The minimum absolute atomic E-state index is 0.122. The minimum Gasteiger partial charge on any atom is -0.490 e.